The number of hydrogen-bond donors (Lipinski definition) is 1. The SMILES string of the molecule is O=C(O)c1cccc2c(Br)cccc12.[Zn]. The van der Waals surface area contributed by atoms with Gasteiger partial charge in [-0.25, -0.2) is 4.79 Å². The van der Waals surface area contributed by atoms with Crippen LogP contribution in [0.1, 0.15) is 10.4 Å². The van der Waals surface area contributed by atoms with Gasteiger partial charge in [-0.15, -0.1) is 0 Å². The smallest absolute Gasteiger partial charge is 0.336 e. The first-order chi connectivity index (χ1) is 6.70. The maximum atomic E-state index is 10.9. The molecule has 0 spiro atoms. The van der Waals surface area contributed by atoms with Crippen LogP contribution >= 0.6 is 15.9 Å². The Morgan fingerprint density at radius 3 is 2.33 bits per heavy atom. The summed E-state index contributed by atoms with van der Waals surface area (Å²) in [6.07, 6.45) is 0. The monoisotopic (exact) mass is 314 g/mol. The van der Waals surface area contributed by atoms with Crippen molar-refractivity contribution in [2.75, 3.05) is 0 Å². The number of rotatable bonds is 1. The fourth-order valence-electron chi connectivity index (χ4n) is 1.46. The molecule has 0 amide bonds. The van der Waals surface area contributed by atoms with E-state index in [1.165, 1.54) is 0 Å². The molecule has 2 aromatic carbocycles. The molecule has 0 saturated carbocycles. The van der Waals surface area contributed by atoms with E-state index in [9.17, 15) is 4.79 Å². The van der Waals surface area contributed by atoms with E-state index in [2.05, 4.69) is 15.9 Å². The number of aromatic carboxylic acids is 1. The summed E-state index contributed by atoms with van der Waals surface area (Å²) in [6.45, 7) is 0. The van der Waals surface area contributed by atoms with Crippen molar-refractivity contribution in [1.82, 2.24) is 0 Å². The molecule has 72 valence electrons. The zero-order valence-electron chi connectivity index (χ0n) is 7.90. The maximum absolute atomic E-state index is 10.9. The molecular formula is C11H7BrO2Zn. The van der Waals surface area contributed by atoms with Crippen LogP contribution in [0.4, 0.5) is 0 Å². The standard InChI is InChI=1S/C11H7BrO2.Zn/c12-10-6-2-3-7-8(10)4-1-5-9(7)11(13)14;/h1-6H,(H,13,14);. The molecule has 0 aliphatic rings. The number of benzene rings is 2. The van der Waals surface area contributed by atoms with Gasteiger partial charge in [-0.3, -0.25) is 0 Å². The largest absolute Gasteiger partial charge is 0.478 e. The second-order valence-corrected chi connectivity index (χ2v) is 3.80. The van der Waals surface area contributed by atoms with Crippen molar-refractivity contribution in [3.05, 3.63) is 46.4 Å². The molecule has 15 heavy (non-hydrogen) atoms. The first-order valence-electron chi connectivity index (χ1n) is 4.10. The second kappa shape index (κ2) is 4.86. The number of carboxylic acids is 1. The normalized spacial score (nSPS) is 9.67. The van der Waals surface area contributed by atoms with Crippen LogP contribution in [0.5, 0.6) is 0 Å². The predicted octanol–water partition coefficient (Wildman–Crippen LogP) is 3.30. The molecule has 0 aliphatic carbocycles. The van der Waals surface area contributed by atoms with Crippen LogP contribution in [-0.4, -0.2) is 11.1 Å². The van der Waals surface area contributed by atoms with E-state index in [1.807, 2.05) is 24.3 Å². The number of carboxylic acid groups (broad SMARTS) is 1. The van der Waals surface area contributed by atoms with Gasteiger partial charge in [0.15, 0.2) is 0 Å². The maximum Gasteiger partial charge on any atom is 0.336 e. The summed E-state index contributed by atoms with van der Waals surface area (Å²) in [5, 5.41) is 10.6. The van der Waals surface area contributed by atoms with Crippen molar-refractivity contribution in [2.24, 2.45) is 0 Å². The molecule has 0 heterocycles. The first kappa shape index (κ1) is 12.3. The molecule has 4 heteroatoms. The Labute approximate surface area is 108 Å². The molecule has 0 unspecified atom stereocenters. The van der Waals surface area contributed by atoms with E-state index in [0.717, 1.165) is 15.2 Å². The summed E-state index contributed by atoms with van der Waals surface area (Å²) in [4.78, 5) is 10.9. The van der Waals surface area contributed by atoms with Crippen LogP contribution in [-0.2, 0) is 19.5 Å². The van der Waals surface area contributed by atoms with Gasteiger partial charge in [0.1, 0.15) is 0 Å². The summed E-state index contributed by atoms with van der Waals surface area (Å²) < 4.78 is 0.915. The van der Waals surface area contributed by atoms with Crippen LogP contribution in [0.15, 0.2) is 40.9 Å². The minimum Gasteiger partial charge on any atom is -0.478 e. The third-order valence-corrected chi connectivity index (χ3v) is 2.79. The molecule has 0 aromatic heterocycles. The Hall–Kier alpha value is -0.727. The molecule has 0 aliphatic heterocycles. The van der Waals surface area contributed by atoms with E-state index < -0.39 is 5.97 Å². The van der Waals surface area contributed by atoms with Crippen molar-refractivity contribution in [1.29, 1.82) is 0 Å². The van der Waals surface area contributed by atoms with E-state index in [0.29, 0.717) is 5.56 Å². The summed E-state index contributed by atoms with van der Waals surface area (Å²) in [6, 6.07) is 10.8. The fourth-order valence-corrected chi connectivity index (χ4v) is 1.96. The first-order valence-corrected chi connectivity index (χ1v) is 4.90. The predicted molar refractivity (Wildman–Crippen MR) is 58.6 cm³/mol. The second-order valence-electron chi connectivity index (χ2n) is 2.95. The van der Waals surface area contributed by atoms with Crippen molar-refractivity contribution in [2.45, 2.75) is 0 Å². The quantitative estimate of drug-likeness (QED) is 0.820. The number of carbonyl (C=O) groups is 1. The molecule has 0 saturated heterocycles. The third-order valence-electron chi connectivity index (χ3n) is 2.10. The number of hydrogen-bond acceptors (Lipinski definition) is 1. The van der Waals surface area contributed by atoms with Crippen molar-refractivity contribution in [3.63, 3.8) is 0 Å². The van der Waals surface area contributed by atoms with Gasteiger partial charge < -0.3 is 5.11 Å². The van der Waals surface area contributed by atoms with Gasteiger partial charge in [0.25, 0.3) is 0 Å². The average Bonchev–Trinajstić information content (AvgIpc) is 2.17. The Morgan fingerprint density at radius 1 is 1.07 bits per heavy atom. The zero-order valence-corrected chi connectivity index (χ0v) is 12.5. The van der Waals surface area contributed by atoms with Gasteiger partial charge in [-0.1, -0.05) is 40.2 Å². The van der Waals surface area contributed by atoms with E-state index in [4.69, 9.17) is 5.11 Å². The molecule has 0 radical (unpaired) electrons. The van der Waals surface area contributed by atoms with Crippen molar-refractivity contribution in [3.8, 4) is 0 Å². The van der Waals surface area contributed by atoms with Gasteiger partial charge in [-0.05, 0) is 22.9 Å². The molecule has 2 nitrogen and oxygen atoms in total. The van der Waals surface area contributed by atoms with E-state index >= 15 is 0 Å². The van der Waals surface area contributed by atoms with E-state index in [1.54, 1.807) is 12.1 Å². The molecule has 0 atom stereocenters. The van der Waals surface area contributed by atoms with Crippen LogP contribution in [0, 0.1) is 0 Å². The average molecular weight is 316 g/mol. The van der Waals surface area contributed by atoms with Crippen LogP contribution < -0.4 is 0 Å². The third kappa shape index (κ3) is 2.27. The minimum atomic E-state index is -0.895. The summed E-state index contributed by atoms with van der Waals surface area (Å²) >= 11 is 3.39. The number of halogens is 1. The minimum absolute atomic E-state index is 0. The summed E-state index contributed by atoms with van der Waals surface area (Å²) in [5.41, 5.74) is 0.337. The Kier molecular flexibility index (Phi) is 4.00. The molecule has 0 bridgehead atoms. The van der Waals surface area contributed by atoms with Gasteiger partial charge in [0.05, 0.1) is 5.56 Å². The molecular weight excluding hydrogens is 309 g/mol. The number of fused-ring (bicyclic) bond motifs is 1. The van der Waals surface area contributed by atoms with Gasteiger partial charge in [0.2, 0.25) is 0 Å². The zero-order chi connectivity index (χ0) is 10.1. The Balaban J connectivity index is 0.00000112. The van der Waals surface area contributed by atoms with Crippen LogP contribution in [0.2, 0.25) is 0 Å². The summed E-state index contributed by atoms with van der Waals surface area (Å²) in [7, 11) is 0. The molecule has 2 aromatic rings. The van der Waals surface area contributed by atoms with Crippen LogP contribution in [0.3, 0.4) is 0 Å². The molecule has 1 N–H and O–H groups in total. The topological polar surface area (TPSA) is 37.3 Å². The van der Waals surface area contributed by atoms with Crippen molar-refractivity contribution < 1.29 is 29.4 Å². The molecule has 0 fully saturated rings. The Bertz CT molecular complexity index is 511. The van der Waals surface area contributed by atoms with Gasteiger partial charge in [-0.2, -0.15) is 0 Å². The van der Waals surface area contributed by atoms with Gasteiger partial charge >= 0.3 is 5.97 Å². The molecule has 2 rings (SSSR count). The Morgan fingerprint density at radius 2 is 1.67 bits per heavy atom. The van der Waals surface area contributed by atoms with Gasteiger partial charge in [0, 0.05) is 24.0 Å². The fraction of sp³-hybridized carbons (Fsp3) is 0. The van der Waals surface area contributed by atoms with Crippen LogP contribution in [0.25, 0.3) is 10.8 Å². The van der Waals surface area contributed by atoms with E-state index in [-0.39, 0.29) is 19.5 Å². The van der Waals surface area contributed by atoms with Crippen molar-refractivity contribution >= 4 is 32.7 Å². The summed E-state index contributed by atoms with van der Waals surface area (Å²) in [5.74, 6) is -0.895.